The minimum absolute atomic E-state index is 0.00625. The topological polar surface area (TPSA) is 111 Å². The van der Waals surface area contributed by atoms with E-state index in [2.05, 4.69) is 46.3 Å². The van der Waals surface area contributed by atoms with E-state index in [4.69, 9.17) is 11.6 Å². The third-order valence-electron chi connectivity index (χ3n) is 7.41. The van der Waals surface area contributed by atoms with Crippen molar-refractivity contribution in [2.75, 3.05) is 36.8 Å². The van der Waals surface area contributed by atoms with Crippen molar-refractivity contribution in [2.24, 2.45) is 11.3 Å². The van der Waals surface area contributed by atoms with Crippen LogP contribution in [-0.4, -0.2) is 75.1 Å². The zero-order valence-electron chi connectivity index (χ0n) is 21.6. The van der Waals surface area contributed by atoms with Gasteiger partial charge in [0.15, 0.2) is 0 Å². The lowest BCUT2D eigenvalue weighted by Crippen LogP contribution is -2.60. The van der Waals surface area contributed by atoms with Crippen LogP contribution in [0.1, 0.15) is 53.4 Å². The van der Waals surface area contributed by atoms with E-state index >= 15 is 0 Å². The molecule has 0 bridgehead atoms. The Bertz CT molecular complexity index is 1110. The fraction of sp³-hybridized carbons (Fsp3) is 0.615. The number of nitrogens with zero attached hydrogens (tertiary/aromatic N) is 4. The number of fused-ring (bicyclic) bond motifs is 1. The quantitative estimate of drug-likeness (QED) is 0.483. The molecule has 1 atom stereocenters. The molecule has 196 valence electrons. The molecule has 2 amide bonds. The molecule has 2 aromatic heterocycles. The second-order valence-electron chi connectivity index (χ2n) is 11.2. The first-order valence-corrected chi connectivity index (χ1v) is 13.1. The molecule has 1 saturated carbocycles. The molecule has 1 saturated heterocycles. The van der Waals surface area contributed by atoms with Crippen LogP contribution in [-0.2, 0) is 4.79 Å². The number of carboxylic acid groups (broad SMARTS) is 1. The van der Waals surface area contributed by atoms with E-state index in [1.807, 2.05) is 6.07 Å². The Morgan fingerprint density at radius 3 is 2.53 bits per heavy atom. The van der Waals surface area contributed by atoms with Gasteiger partial charge in [0.05, 0.1) is 29.1 Å². The van der Waals surface area contributed by atoms with E-state index in [9.17, 15) is 14.7 Å². The van der Waals surface area contributed by atoms with E-state index in [0.717, 1.165) is 56.5 Å². The Morgan fingerprint density at radius 1 is 1.17 bits per heavy atom. The van der Waals surface area contributed by atoms with Crippen molar-refractivity contribution < 1.29 is 14.7 Å². The molecule has 0 radical (unpaired) electrons. The van der Waals surface area contributed by atoms with E-state index in [0.29, 0.717) is 28.8 Å². The molecule has 36 heavy (non-hydrogen) atoms. The van der Waals surface area contributed by atoms with E-state index in [1.165, 1.54) is 6.92 Å². The van der Waals surface area contributed by atoms with Crippen molar-refractivity contribution in [3.05, 3.63) is 23.5 Å². The van der Waals surface area contributed by atoms with Gasteiger partial charge in [0.25, 0.3) is 0 Å². The number of rotatable bonds is 5. The van der Waals surface area contributed by atoms with Crippen LogP contribution in [0, 0.1) is 11.3 Å². The van der Waals surface area contributed by atoms with Gasteiger partial charge in [-0.25, -0.2) is 9.78 Å². The standard InChI is InChI=1S/C26H37ClN6O3/c1-16(34)29-20-13-28-19-9-10-22(27)31-23(19)24(20)30-18-7-5-17(6-8-18)14-32-11-12-33(25(35)36)21(15-32)26(2,3)4/h9-10,13,17-18,21H,5-8,11-12,14-15H2,1-4H3,(H,28,30)(H,29,34)(H,35,36). The minimum atomic E-state index is -0.820. The number of carbonyl (C=O) groups excluding carboxylic acids is 1. The summed E-state index contributed by atoms with van der Waals surface area (Å²) in [4.78, 5) is 36.5. The number of piperazine rings is 1. The number of pyridine rings is 2. The molecule has 2 aliphatic rings. The summed E-state index contributed by atoms with van der Waals surface area (Å²) in [5.41, 5.74) is 2.64. The Labute approximate surface area is 217 Å². The van der Waals surface area contributed by atoms with Crippen LogP contribution in [0.3, 0.4) is 0 Å². The molecular weight excluding hydrogens is 480 g/mol. The summed E-state index contributed by atoms with van der Waals surface area (Å²) < 4.78 is 0. The fourth-order valence-electron chi connectivity index (χ4n) is 5.51. The normalized spacial score (nSPS) is 23.5. The second-order valence-corrected chi connectivity index (χ2v) is 11.6. The van der Waals surface area contributed by atoms with Gasteiger partial charge in [-0.05, 0) is 49.1 Å². The number of halogens is 1. The summed E-state index contributed by atoms with van der Waals surface area (Å²) in [6, 6.07) is 3.79. The molecule has 4 rings (SSSR count). The number of anilines is 2. The molecule has 1 aliphatic carbocycles. The average Bonchev–Trinajstić information content (AvgIpc) is 2.81. The van der Waals surface area contributed by atoms with Gasteiger partial charge in [-0.15, -0.1) is 0 Å². The SMILES string of the molecule is CC(=O)Nc1cnc2ccc(Cl)nc2c1NC1CCC(CN2CCN(C(=O)O)C(C(C)(C)C)C2)CC1. The summed E-state index contributed by atoms with van der Waals surface area (Å²) in [5, 5.41) is 16.5. The molecule has 3 heterocycles. The maximum Gasteiger partial charge on any atom is 0.407 e. The van der Waals surface area contributed by atoms with Crippen molar-refractivity contribution in [1.29, 1.82) is 0 Å². The summed E-state index contributed by atoms with van der Waals surface area (Å²) in [6.45, 7) is 11.0. The highest BCUT2D eigenvalue weighted by molar-refractivity contribution is 6.29. The van der Waals surface area contributed by atoms with Gasteiger partial charge in [0.1, 0.15) is 10.7 Å². The first-order chi connectivity index (χ1) is 17.0. The van der Waals surface area contributed by atoms with E-state index in [-0.39, 0.29) is 23.4 Å². The zero-order chi connectivity index (χ0) is 26.0. The molecule has 1 aliphatic heterocycles. The Balaban J connectivity index is 1.39. The summed E-state index contributed by atoms with van der Waals surface area (Å²) >= 11 is 6.17. The zero-order valence-corrected chi connectivity index (χ0v) is 22.3. The molecular formula is C26H37ClN6O3. The number of amides is 2. The molecule has 2 fully saturated rings. The molecule has 3 N–H and O–H groups in total. The summed E-state index contributed by atoms with van der Waals surface area (Å²) in [6.07, 6.45) is 5.03. The van der Waals surface area contributed by atoms with Gasteiger partial charge < -0.3 is 20.6 Å². The fourth-order valence-corrected chi connectivity index (χ4v) is 5.65. The third kappa shape index (κ3) is 6.18. The number of hydrogen-bond acceptors (Lipinski definition) is 6. The highest BCUT2D eigenvalue weighted by atomic mass is 35.5. The van der Waals surface area contributed by atoms with Crippen LogP contribution >= 0.6 is 11.6 Å². The lowest BCUT2D eigenvalue weighted by molar-refractivity contribution is -0.114. The summed E-state index contributed by atoms with van der Waals surface area (Å²) in [5.74, 6) is 0.415. The van der Waals surface area contributed by atoms with Crippen LogP contribution in [0.15, 0.2) is 18.3 Å². The molecule has 1 unspecified atom stereocenters. The van der Waals surface area contributed by atoms with Gasteiger partial charge >= 0.3 is 6.09 Å². The average molecular weight is 517 g/mol. The number of carbonyl (C=O) groups is 2. The Hall–Kier alpha value is -2.65. The smallest absolute Gasteiger partial charge is 0.407 e. The second kappa shape index (κ2) is 10.8. The van der Waals surface area contributed by atoms with Crippen LogP contribution in [0.25, 0.3) is 11.0 Å². The van der Waals surface area contributed by atoms with Crippen molar-refractivity contribution in [2.45, 2.75) is 65.5 Å². The van der Waals surface area contributed by atoms with Gasteiger partial charge in [0.2, 0.25) is 5.91 Å². The molecule has 10 heteroatoms. The lowest BCUT2D eigenvalue weighted by Gasteiger charge is -2.47. The Kier molecular flexibility index (Phi) is 7.90. The highest BCUT2D eigenvalue weighted by Gasteiger charge is 2.38. The molecule has 0 aromatic carbocycles. The van der Waals surface area contributed by atoms with Gasteiger partial charge in [-0.1, -0.05) is 32.4 Å². The van der Waals surface area contributed by atoms with E-state index < -0.39 is 6.09 Å². The van der Waals surface area contributed by atoms with E-state index in [1.54, 1.807) is 17.2 Å². The van der Waals surface area contributed by atoms with Crippen molar-refractivity contribution in [3.63, 3.8) is 0 Å². The maximum absolute atomic E-state index is 11.8. The molecule has 2 aromatic rings. The predicted octanol–water partition coefficient (Wildman–Crippen LogP) is 4.92. The monoisotopic (exact) mass is 516 g/mol. The van der Waals surface area contributed by atoms with Crippen molar-refractivity contribution in [3.8, 4) is 0 Å². The Morgan fingerprint density at radius 2 is 1.89 bits per heavy atom. The third-order valence-corrected chi connectivity index (χ3v) is 7.62. The number of nitrogens with one attached hydrogen (secondary N) is 2. The number of hydrogen-bond donors (Lipinski definition) is 3. The minimum Gasteiger partial charge on any atom is -0.465 e. The van der Waals surface area contributed by atoms with Crippen LogP contribution in [0.4, 0.5) is 16.2 Å². The first kappa shape index (κ1) is 26.4. The van der Waals surface area contributed by atoms with Crippen LogP contribution in [0.5, 0.6) is 0 Å². The van der Waals surface area contributed by atoms with Crippen LogP contribution < -0.4 is 10.6 Å². The van der Waals surface area contributed by atoms with Gasteiger partial charge in [-0.3, -0.25) is 14.7 Å². The molecule has 9 nitrogen and oxygen atoms in total. The maximum atomic E-state index is 11.8. The van der Waals surface area contributed by atoms with Crippen molar-refractivity contribution >= 4 is 46.0 Å². The first-order valence-electron chi connectivity index (χ1n) is 12.7. The van der Waals surface area contributed by atoms with Gasteiger partial charge in [-0.2, -0.15) is 0 Å². The predicted molar refractivity (Wildman–Crippen MR) is 143 cm³/mol. The largest absolute Gasteiger partial charge is 0.465 e. The number of aromatic nitrogens is 2. The highest BCUT2D eigenvalue weighted by Crippen LogP contribution is 2.35. The van der Waals surface area contributed by atoms with Gasteiger partial charge in [0, 0.05) is 39.1 Å². The summed E-state index contributed by atoms with van der Waals surface area (Å²) in [7, 11) is 0. The lowest BCUT2D eigenvalue weighted by atomic mass is 9.82. The van der Waals surface area contributed by atoms with Crippen LogP contribution in [0.2, 0.25) is 5.15 Å². The molecule has 0 spiro atoms. The van der Waals surface area contributed by atoms with Crippen molar-refractivity contribution in [1.82, 2.24) is 19.8 Å².